The fraction of sp³-hybridized carbons (Fsp3) is 0.735. The van der Waals surface area contributed by atoms with Crippen molar-refractivity contribution in [1.29, 1.82) is 0 Å². The van der Waals surface area contributed by atoms with Crippen molar-refractivity contribution in [1.82, 2.24) is 0 Å². The largest absolute Gasteiger partial charge is 0.462 e. The van der Waals surface area contributed by atoms with Gasteiger partial charge in [0, 0.05) is 66.7 Å². The van der Waals surface area contributed by atoms with Gasteiger partial charge in [-0.25, -0.2) is 0 Å². The van der Waals surface area contributed by atoms with Gasteiger partial charge in [-0.1, -0.05) is 20.8 Å². The molecule has 3 fully saturated rings. The summed E-state index contributed by atoms with van der Waals surface area (Å²) in [5.74, 6) is -6.71. The van der Waals surface area contributed by atoms with Crippen LogP contribution >= 0.6 is 0 Å². The zero-order chi connectivity index (χ0) is 37.0. The molecule has 4 aliphatic rings. The molecule has 1 aliphatic heterocycles. The quantitative estimate of drug-likeness (QED) is 0.214. The van der Waals surface area contributed by atoms with Crippen molar-refractivity contribution in [3.8, 4) is 0 Å². The molecule has 0 aromatic rings. The van der Waals surface area contributed by atoms with Crippen LogP contribution in [0.3, 0.4) is 0 Å². The summed E-state index contributed by atoms with van der Waals surface area (Å²) in [6.07, 6.45) is -8.19. The fourth-order valence-electron chi connectivity index (χ4n) is 9.04. The van der Waals surface area contributed by atoms with Crippen LogP contribution in [0.25, 0.3) is 0 Å². The first-order chi connectivity index (χ1) is 22.5. The number of ether oxygens (including phenoxy) is 8. The number of rotatable bonds is 7. The van der Waals surface area contributed by atoms with Crippen molar-refractivity contribution in [2.45, 2.75) is 137 Å². The van der Waals surface area contributed by atoms with Gasteiger partial charge >= 0.3 is 41.8 Å². The smallest absolute Gasteiger partial charge is 0.303 e. The molecule has 1 heterocycles. The maximum absolute atomic E-state index is 13.3. The first kappa shape index (κ1) is 37.8. The van der Waals surface area contributed by atoms with Gasteiger partial charge in [0.15, 0.2) is 23.4 Å². The maximum Gasteiger partial charge on any atom is 0.303 e. The predicted octanol–water partition coefficient (Wildman–Crippen LogP) is 2.43. The minimum atomic E-state index is -1.95. The van der Waals surface area contributed by atoms with E-state index in [1.54, 1.807) is 27.7 Å². The van der Waals surface area contributed by atoms with Crippen LogP contribution in [0.5, 0.6) is 0 Å². The molecule has 0 spiro atoms. The molecule has 0 aromatic carbocycles. The van der Waals surface area contributed by atoms with E-state index >= 15 is 0 Å². The van der Waals surface area contributed by atoms with Crippen LogP contribution in [0.15, 0.2) is 11.1 Å². The highest BCUT2D eigenvalue weighted by atomic mass is 16.6. The van der Waals surface area contributed by atoms with Gasteiger partial charge in [0.2, 0.25) is 0 Å². The summed E-state index contributed by atoms with van der Waals surface area (Å²) in [4.78, 5) is 90.8. The molecule has 2 saturated carbocycles. The number of carbonyl (C=O) groups is 7. The standard InChI is InChI=1S/C34H46O15/c1-15-23(43-16(2)35)13-34(49-22(8)41)30(47-20(6)39)28-32(11,24(44-17(3)36)12-25-33(28,14-42-25)48-21(7)40)29(46-19(5)38)27(45-18(4)37)26(15)31(34,9)10/h23-25,27-30H,12-14H2,1-11H3/t23?,24?,25?,27?,28-,29?,30?,32+,33-,34+/m0/s1. The van der Waals surface area contributed by atoms with E-state index in [2.05, 4.69) is 0 Å². The summed E-state index contributed by atoms with van der Waals surface area (Å²) in [6, 6.07) is 0. The molecule has 10 atom stereocenters. The SMILES string of the molecule is CC(=O)OC1C[C@@]2(OC(C)=O)C(OC(C)=O)[C@H]3[C@@](C)(C(OC(C)=O)CC4OC[C@]43OC(C)=O)C(OC(C)=O)C(OC(C)=O)C(=C1C)C2(C)C. The average molecular weight is 695 g/mol. The molecule has 15 nitrogen and oxygen atoms in total. The molecule has 0 aromatic heterocycles. The Balaban J connectivity index is 2.31. The Morgan fingerprint density at radius 1 is 0.653 bits per heavy atom. The predicted molar refractivity (Wildman–Crippen MR) is 164 cm³/mol. The number of carbonyl (C=O) groups excluding carboxylic acids is 7. The molecule has 6 unspecified atom stereocenters. The van der Waals surface area contributed by atoms with Gasteiger partial charge in [-0.05, 0) is 18.1 Å². The topological polar surface area (TPSA) is 193 Å². The van der Waals surface area contributed by atoms with Crippen molar-refractivity contribution < 1.29 is 71.5 Å². The molecule has 2 bridgehead atoms. The summed E-state index contributed by atoms with van der Waals surface area (Å²) in [5.41, 5.74) is -6.13. The number of hydrogen-bond donors (Lipinski definition) is 0. The maximum atomic E-state index is 13.3. The Kier molecular flexibility index (Phi) is 10.1. The van der Waals surface area contributed by atoms with Gasteiger partial charge in [-0.2, -0.15) is 0 Å². The zero-order valence-electron chi connectivity index (χ0n) is 29.8. The Hall–Kier alpha value is -4.01. The van der Waals surface area contributed by atoms with Crippen molar-refractivity contribution in [3.63, 3.8) is 0 Å². The minimum absolute atomic E-state index is 0.0741. The van der Waals surface area contributed by atoms with Crippen LogP contribution in [-0.4, -0.2) is 96.2 Å². The van der Waals surface area contributed by atoms with Crippen LogP contribution in [-0.2, 0) is 71.5 Å². The lowest BCUT2D eigenvalue weighted by Gasteiger charge is -2.69. The average Bonchev–Trinajstić information content (AvgIpc) is 2.91. The van der Waals surface area contributed by atoms with Crippen LogP contribution in [0.4, 0.5) is 0 Å². The van der Waals surface area contributed by atoms with Gasteiger partial charge < -0.3 is 37.9 Å². The first-order valence-electron chi connectivity index (χ1n) is 16.1. The van der Waals surface area contributed by atoms with Gasteiger partial charge in [-0.15, -0.1) is 0 Å². The highest BCUT2D eigenvalue weighted by Gasteiger charge is 2.80. The second-order valence-electron chi connectivity index (χ2n) is 14.1. The highest BCUT2D eigenvalue weighted by Crippen LogP contribution is 2.67. The highest BCUT2D eigenvalue weighted by molar-refractivity contribution is 5.72. The molecule has 0 amide bonds. The molecular formula is C34H46O15. The van der Waals surface area contributed by atoms with E-state index in [-0.39, 0.29) is 25.0 Å². The summed E-state index contributed by atoms with van der Waals surface area (Å²) in [7, 11) is 0. The van der Waals surface area contributed by atoms with E-state index in [4.69, 9.17) is 37.9 Å². The van der Waals surface area contributed by atoms with Crippen molar-refractivity contribution >= 4 is 41.8 Å². The fourth-order valence-corrected chi connectivity index (χ4v) is 9.04. The third-order valence-electron chi connectivity index (χ3n) is 10.6. The van der Waals surface area contributed by atoms with Crippen LogP contribution in [0.2, 0.25) is 0 Å². The first-order valence-corrected chi connectivity index (χ1v) is 16.1. The lowest BCUT2D eigenvalue weighted by atomic mass is 9.44. The lowest BCUT2D eigenvalue weighted by molar-refractivity contribution is -0.367. The van der Waals surface area contributed by atoms with Crippen molar-refractivity contribution in [2.75, 3.05) is 6.61 Å². The van der Waals surface area contributed by atoms with E-state index in [1.165, 1.54) is 20.8 Å². The van der Waals surface area contributed by atoms with E-state index in [1.807, 2.05) is 0 Å². The molecule has 15 heteroatoms. The number of hydrogen-bond acceptors (Lipinski definition) is 15. The lowest BCUT2D eigenvalue weighted by Crippen LogP contribution is -2.83. The molecule has 0 radical (unpaired) electrons. The third-order valence-corrected chi connectivity index (χ3v) is 10.6. The van der Waals surface area contributed by atoms with Crippen LogP contribution < -0.4 is 0 Å². The normalized spacial score (nSPS) is 37.2. The summed E-state index contributed by atoms with van der Waals surface area (Å²) in [5, 5.41) is 0. The van der Waals surface area contributed by atoms with Crippen LogP contribution in [0, 0.1) is 16.7 Å². The third kappa shape index (κ3) is 6.18. The Morgan fingerprint density at radius 3 is 1.61 bits per heavy atom. The Morgan fingerprint density at radius 2 is 1.16 bits per heavy atom. The number of esters is 7. The van der Waals surface area contributed by atoms with E-state index in [0.29, 0.717) is 5.57 Å². The van der Waals surface area contributed by atoms with Gasteiger partial charge in [0.25, 0.3) is 0 Å². The second kappa shape index (κ2) is 13.0. The monoisotopic (exact) mass is 694 g/mol. The Bertz CT molecular complexity index is 1480. The minimum Gasteiger partial charge on any atom is -0.462 e. The summed E-state index contributed by atoms with van der Waals surface area (Å²) in [6.45, 7) is 14.5. The van der Waals surface area contributed by atoms with E-state index < -0.39 is 106 Å². The summed E-state index contributed by atoms with van der Waals surface area (Å²) >= 11 is 0. The van der Waals surface area contributed by atoms with Gasteiger partial charge in [0.05, 0.1) is 17.9 Å². The van der Waals surface area contributed by atoms with E-state index in [0.717, 1.165) is 27.7 Å². The molecule has 0 N–H and O–H groups in total. The van der Waals surface area contributed by atoms with Gasteiger partial charge in [-0.3, -0.25) is 33.6 Å². The number of fused-ring (bicyclic) bond motifs is 5. The Labute approximate surface area is 284 Å². The molecule has 4 rings (SSSR count). The van der Waals surface area contributed by atoms with Gasteiger partial charge in [0.1, 0.15) is 24.4 Å². The van der Waals surface area contributed by atoms with Crippen molar-refractivity contribution in [2.24, 2.45) is 16.7 Å². The van der Waals surface area contributed by atoms with Crippen LogP contribution in [0.1, 0.15) is 89.0 Å². The second-order valence-corrected chi connectivity index (χ2v) is 14.1. The van der Waals surface area contributed by atoms with E-state index in [9.17, 15) is 33.6 Å². The molecular weight excluding hydrogens is 648 g/mol. The molecule has 272 valence electrons. The molecule has 49 heavy (non-hydrogen) atoms. The zero-order valence-corrected chi connectivity index (χ0v) is 29.8. The molecule has 3 aliphatic carbocycles. The molecule has 1 saturated heterocycles. The summed E-state index contributed by atoms with van der Waals surface area (Å²) < 4.78 is 48.6. The van der Waals surface area contributed by atoms with Crippen molar-refractivity contribution in [3.05, 3.63) is 11.1 Å².